The third kappa shape index (κ3) is 3.37. The van der Waals surface area contributed by atoms with E-state index in [0.29, 0.717) is 0 Å². The number of nitrogens with one attached hydrogen (secondary N) is 1. The molecule has 2 nitrogen and oxygen atoms in total. The minimum Gasteiger partial charge on any atom is -0.381 e. The SMILES string of the molecule is Cc1ccc(C2CC(NCC3CCCOC3)C2)cc1. The van der Waals surface area contributed by atoms with Crippen LogP contribution in [0.25, 0.3) is 0 Å². The fraction of sp³-hybridized carbons (Fsp3) is 0.647. The van der Waals surface area contributed by atoms with E-state index in [-0.39, 0.29) is 0 Å². The molecule has 104 valence electrons. The van der Waals surface area contributed by atoms with Crippen molar-refractivity contribution in [3.63, 3.8) is 0 Å². The van der Waals surface area contributed by atoms with Crippen LogP contribution in [0, 0.1) is 12.8 Å². The number of ether oxygens (including phenoxy) is 1. The van der Waals surface area contributed by atoms with E-state index in [4.69, 9.17) is 4.74 Å². The molecule has 1 atom stereocenters. The Morgan fingerprint density at radius 3 is 2.68 bits per heavy atom. The summed E-state index contributed by atoms with van der Waals surface area (Å²) in [6.45, 7) is 5.23. The van der Waals surface area contributed by atoms with E-state index in [0.717, 1.165) is 37.6 Å². The molecule has 0 radical (unpaired) electrons. The Hall–Kier alpha value is -0.860. The smallest absolute Gasteiger partial charge is 0.0506 e. The quantitative estimate of drug-likeness (QED) is 0.896. The van der Waals surface area contributed by atoms with Crippen LogP contribution in [0.5, 0.6) is 0 Å². The topological polar surface area (TPSA) is 21.3 Å². The molecular weight excluding hydrogens is 234 g/mol. The van der Waals surface area contributed by atoms with Crippen LogP contribution in [0.4, 0.5) is 0 Å². The zero-order valence-electron chi connectivity index (χ0n) is 11.9. The van der Waals surface area contributed by atoms with Crippen molar-refractivity contribution in [3.05, 3.63) is 35.4 Å². The highest BCUT2D eigenvalue weighted by molar-refractivity contribution is 5.26. The van der Waals surface area contributed by atoms with Crippen molar-refractivity contribution in [2.45, 2.75) is 44.6 Å². The summed E-state index contributed by atoms with van der Waals surface area (Å²) < 4.78 is 5.53. The second kappa shape index (κ2) is 6.06. The maximum atomic E-state index is 5.53. The number of benzene rings is 1. The fourth-order valence-electron chi connectivity index (χ4n) is 3.20. The molecule has 2 heteroatoms. The lowest BCUT2D eigenvalue weighted by molar-refractivity contribution is 0.0521. The van der Waals surface area contributed by atoms with Gasteiger partial charge in [0.15, 0.2) is 0 Å². The molecule has 2 fully saturated rings. The summed E-state index contributed by atoms with van der Waals surface area (Å²) >= 11 is 0. The molecule has 1 aliphatic heterocycles. The second-order valence-electron chi connectivity index (χ2n) is 6.27. The second-order valence-corrected chi connectivity index (χ2v) is 6.27. The molecule has 0 spiro atoms. The molecule has 1 saturated carbocycles. The number of rotatable bonds is 4. The van der Waals surface area contributed by atoms with Gasteiger partial charge in [0, 0.05) is 19.2 Å². The molecular formula is C17H25NO. The number of hydrogen-bond donors (Lipinski definition) is 1. The van der Waals surface area contributed by atoms with Crippen molar-refractivity contribution in [2.75, 3.05) is 19.8 Å². The summed E-state index contributed by atoms with van der Waals surface area (Å²) in [6.07, 6.45) is 5.18. The molecule has 19 heavy (non-hydrogen) atoms. The van der Waals surface area contributed by atoms with Gasteiger partial charge >= 0.3 is 0 Å². The molecule has 2 aliphatic rings. The summed E-state index contributed by atoms with van der Waals surface area (Å²) in [7, 11) is 0. The normalized spacial score (nSPS) is 30.9. The van der Waals surface area contributed by atoms with Crippen molar-refractivity contribution in [3.8, 4) is 0 Å². The molecule has 0 amide bonds. The van der Waals surface area contributed by atoms with E-state index in [2.05, 4.69) is 36.5 Å². The minimum absolute atomic E-state index is 0.730. The van der Waals surface area contributed by atoms with Crippen LogP contribution in [0.15, 0.2) is 24.3 Å². The molecule has 1 aliphatic carbocycles. The van der Waals surface area contributed by atoms with Crippen LogP contribution in [0.1, 0.15) is 42.7 Å². The van der Waals surface area contributed by atoms with Crippen molar-refractivity contribution < 1.29 is 4.74 Å². The van der Waals surface area contributed by atoms with Gasteiger partial charge in [-0.1, -0.05) is 29.8 Å². The average Bonchev–Trinajstić information content (AvgIpc) is 2.40. The van der Waals surface area contributed by atoms with Crippen LogP contribution in [0.3, 0.4) is 0 Å². The molecule has 1 aromatic rings. The fourth-order valence-corrected chi connectivity index (χ4v) is 3.20. The Labute approximate surface area is 116 Å². The summed E-state index contributed by atoms with van der Waals surface area (Å²) in [5, 5.41) is 3.72. The van der Waals surface area contributed by atoms with E-state index in [9.17, 15) is 0 Å². The maximum Gasteiger partial charge on any atom is 0.0506 e. The number of aryl methyl sites for hydroxylation is 1. The van der Waals surface area contributed by atoms with E-state index >= 15 is 0 Å². The van der Waals surface area contributed by atoms with Gasteiger partial charge in [-0.25, -0.2) is 0 Å². The lowest BCUT2D eigenvalue weighted by atomic mass is 9.75. The predicted molar refractivity (Wildman–Crippen MR) is 78.5 cm³/mol. The first-order chi connectivity index (χ1) is 9.31. The zero-order valence-corrected chi connectivity index (χ0v) is 11.9. The van der Waals surface area contributed by atoms with Gasteiger partial charge in [0.05, 0.1) is 6.61 Å². The third-order valence-electron chi connectivity index (χ3n) is 4.64. The van der Waals surface area contributed by atoms with Crippen molar-refractivity contribution in [1.82, 2.24) is 5.32 Å². The van der Waals surface area contributed by atoms with Gasteiger partial charge in [-0.3, -0.25) is 0 Å². The number of hydrogen-bond acceptors (Lipinski definition) is 2. The lowest BCUT2D eigenvalue weighted by Gasteiger charge is -2.37. The predicted octanol–water partition coefficient (Wildman–Crippen LogP) is 3.26. The van der Waals surface area contributed by atoms with Gasteiger partial charge in [0.2, 0.25) is 0 Å². The van der Waals surface area contributed by atoms with Crippen molar-refractivity contribution in [1.29, 1.82) is 0 Å². The summed E-state index contributed by atoms with van der Waals surface area (Å²) in [5.41, 5.74) is 2.87. The molecule has 3 rings (SSSR count). The minimum atomic E-state index is 0.730. The molecule has 0 bridgehead atoms. The van der Waals surface area contributed by atoms with Crippen LogP contribution < -0.4 is 5.32 Å². The van der Waals surface area contributed by atoms with Gasteiger partial charge < -0.3 is 10.1 Å². The van der Waals surface area contributed by atoms with Crippen molar-refractivity contribution in [2.24, 2.45) is 5.92 Å². The summed E-state index contributed by atoms with van der Waals surface area (Å²) in [6, 6.07) is 9.79. The Morgan fingerprint density at radius 1 is 1.21 bits per heavy atom. The highest BCUT2D eigenvalue weighted by atomic mass is 16.5. The highest BCUT2D eigenvalue weighted by Gasteiger charge is 2.30. The molecule has 1 heterocycles. The summed E-state index contributed by atoms with van der Waals surface area (Å²) in [4.78, 5) is 0. The largest absolute Gasteiger partial charge is 0.381 e. The zero-order chi connectivity index (χ0) is 13.1. The van der Waals surface area contributed by atoms with Gasteiger partial charge in [-0.15, -0.1) is 0 Å². The van der Waals surface area contributed by atoms with Gasteiger partial charge in [0.1, 0.15) is 0 Å². The maximum absolute atomic E-state index is 5.53. The van der Waals surface area contributed by atoms with Crippen LogP contribution >= 0.6 is 0 Å². The molecule has 0 aromatic heterocycles. The van der Waals surface area contributed by atoms with Crippen molar-refractivity contribution >= 4 is 0 Å². The Bertz CT molecular complexity index is 388. The van der Waals surface area contributed by atoms with Crippen LogP contribution in [0.2, 0.25) is 0 Å². The van der Waals surface area contributed by atoms with E-state index in [1.165, 1.54) is 36.8 Å². The molecule has 1 unspecified atom stereocenters. The molecule has 1 aromatic carbocycles. The standard InChI is InChI=1S/C17H25NO/c1-13-4-6-15(7-5-13)16-9-17(10-16)18-11-14-3-2-8-19-12-14/h4-7,14,16-18H,2-3,8-12H2,1H3. The van der Waals surface area contributed by atoms with Gasteiger partial charge in [-0.2, -0.15) is 0 Å². The van der Waals surface area contributed by atoms with E-state index in [1.54, 1.807) is 0 Å². The Balaban J connectivity index is 1.39. The van der Waals surface area contributed by atoms with E-state index in [1.807, 2.05) is 0 Å². The lowest BCUT2D eigenvalue weighted by Crippen LogP contribution is -2.43. The first-order valence-electron chi connectivity index (χ1n) is 7.69. The third-order valence-corrected chi connectivity index (χ3v) is 4.64. The van der Waals surface area contributed by atoms with E-state index < -0.39 is 0 Å². The molecule has 1 saturated heterocycles. The highest BCUT2D eigenvalue weighted by Crippen LogP contribution is 2.37. The first-order valence-corrected chi connectivity index (χ1v) is 7.69. The Kier molecular flexibility index (Phi) is 4.19. The van der Waals surface area contributed by atoms with Crippen LogP contribution in [-0.4, -0.2) is 25.8 Å². The monoisotopic (exact) mass is 259 g/mol. The average molecular weight is 259 g/mol. The first kappa shape index (κ1) is 13.1. The van der Waals surface area contributed by atoms with Crippen LogP contribution in [-0.2, 0) is 4.74 Å². The molecule has 1 N–H and O–H groups in total. The van der Waals surface area contributed by atoms with Gasteiger partial charge in [0.25, 0.3) is 0 Å². The Morgan fingerprint density at radius 2 is 2.00 bits per heavy atom. The van der Waals surface area contributed by atoms with Gasteiger partial charge in [-0.05, 0) is 50.0 Å². The summed E-state index contributed by atoms with van der Waals surface area (Å²) in [5.74, 6) is 1.52.